The molecule has 0 spiro atoms. The van der Waals surface area contributed by atoms with Crippen molar-refractivity contribution in [2.45, 2.75) is 6.92 Å². The third-order valence-electron chi connectivity index (χ3n) is 3.08. The fraction of sp³-hybridized carbons (Fsp3) is 0.154. The number of fused-ring (bicyclic) bond motifs is 1. The van der Waals surface area contributed by atoms with Gasteiger partial charge in [-0.05, 0) is 19.1 Å². The monoisotopic (exact) mass is 284 g/mol. The highest BCUT2D eigenvalue weighted by Crippen LogP contribution is 2.23. The van der Waals surface area contributed by atoms with Crippen molar-refractivity contribution in [1.29, 1.82) is 0 Å². The number of nitrogens with one attached hydrogen (secondary N) is 1. The molecule has 0 amide bonds. The van der Waals surface area contributed by atoms with Gasteiger partial charge >= 0.3 is 0 Å². The van der Waals surface area contributed by atoms with E-state index < -0.39 is 4.92 Å². The molecule has 0 aliphatic rings. The predicted molar refractivity (Wildman–Crippen MR) is 77.6 cm³/mol. The van der Waals surface area contributed by atoms with Crippen LogP contribution in [-0.4, -0.2) is 31.7 Å². The van der Waals surface area contributed by atoms with Crippen molar-refractivity contribution in [2.24, 2.45) is 0 Å². The molecule has 2 aromatic heterocycles. The summed E-state index contributed by atoms with van der Waals surface area (Å²) >= 11 is 0. The molecule has 0 atom stereocenters. The number of nitro benzene ring substituents is 1. The Balaban J connectivity index is 2.16. The standard InChI is InChI=1S/C13H12N6O2/c1-8-16-12(14-2)11-7-15-18(13(11)17-8)9-3-5-10(6-4-9)19(20)21/h3-7H,1-2H3,(H,14,16,17). The molecule has 1 N–H and O–H groups in total. The maximum atomic E-state index is 10.7. The van der Waals surface area contributed by atoms with Crippen molar-refractivity contribution in [2.75, 3.05) is 12.4 Å². The number of nitro groups is 1. The van der Waals surface area contributed by atoms with Gasteiger partial charge in [0.25, 0.3) is 5.69 Å². The van der Waals surface area contributed by atoms with Gasteiger partial charge in [-0.2, -0.15) is 5.10 Å². The highest BCUT2D eigenvalue weighted by Gasteiger charge is 2.13. The predicted octanol–water partition coefficient (Wildman–Crippen LogP) is 2.07. The van der Waals surface area contributed by atoms with Crippen LogP contribution in [0.1, 0.15) is 5.82 Å². The van der Waals surface area contributed by atoms with Gasteiger partial charge in [0.15, 0.2) is 5.65 Å². The van der Waals surface area contributed by atoms with Gasteiger partial charge in [0.2, 0.25) is 0 Å². The van der Waals surface area contributed by atoms with E-state index in [1.807, 2.05) is 0 Å². The number of anilines is 1. The van der Waals surface area contributed by atoms with E-state index in [-0.39, 0.29) is 5.69 Å². The van der Waals surface area contributed by atoms with Gasteiger partial charge in [-0.25, -0.2) is 14.6 Å². The molecule has 0 bridgehead atoms. The molecule has 3 rings (SSSR count). The molecule has 0 aliphatic heterocycles. The number of nitrogens with zero attached hydrogens (tertiary/aromatic N) is 5. The first-order chi connectivity index (χ1) is 10.1. The van der Waals surface area contributed by atoms with E-state index >= 15 is 0 Å². The van der Waals surface area contributed by atoms with Crippen molar-refractivity contribution in [3.63, 3.8) is 0 Å². The zero-order valence-electron chi connectivity index (χ0n) is 11.4. The fourth-order valence-electron chi connectivity index (χ4n) is 2.11. The molecular formula is C13H12N6O2. The lowest BCUT2D eigenvalue weighted by atomic mass is 10.3. The van der Waals surface area contributed by atoms with Crippen LogP contribution in [0.5, 0.6) is 0 Å². The lowest BCUT2D eigenvalue weighted by Gasteiger charge is -2.05. The fourth-order valence-corrected chi connectivity index (χ4v) is 2.11. The Morgan fingerprint density at radius 1 is 1.24 bits per heavy atom. The van der Waals surface area contributed by atoms with Crippen LogP contribution in [0.4, 0.5) is 11.5 Å². The van der Waals surface area contributed by atoms with E-state index in [1.54, 1.807) is 37.0 Å². The summed E-state index contributed by atoms with van der Waals surface area (Å²) in [6.45, 7) is 1.80. The highest BCUT2D eigenvalue weighted by molar-refractivity contribution is 5.87. The molecule has 1 aromatic carbocycles. The summed E-state index contributed by atoms with van der Waals surface area (Å²) in [4.78, 5) is 19.0. The molecule has 0 fully saturated rings. The second-order valence-electron chi connectivity index (χ2n) is 4.44. The van der Waals surface area contributed by atoms with Crippen LogP contribution >= 0.6 is 0 Å². The van der Waals surface area contributed by atoms with Crippen molar-refractivity contribution < 1.29 is 4.92 Å². The van der Waals surface area contributed by atoms with Gasteiger partial charge < -0.3 is 5.32 Å². The topological polar surface area (TPSA) is 98.8 Å². The molecule has 0 saturated carbocycles. The summed E-state index contributed by atoms with van der Waals surface area (Å²) < 4.78 is 1.63. The Morgan fingerprint density at radius 2 is 1.95 bits per heavy atom. The van der Waals surface area contributed by atoms with Crippen LogP contribution in [0.3, 0.4) is 0 Å². The van der Waals surface area contributed by atoms with Crippen LogP contribution in [0, 0.1) is 17.0 Å². The second kappa shape index (κ2) is 4.82. The Bertz CT molecular complexity index is 825. The second-order valence-corrected chi connectivity index (χ2v) is 4.44. The number of hydrogen-bond donors (Lipinski definition) is 1. The molecule has 0 radical (unpaired) electrons. The molecule has 0 saturated heterocycles. The number of benzene rings is 1. The molecule has 8 heteroatoms. The molecule has 0 aliphatic carbocycles. The zero-order valence-corrected chi connectivity index (χ0v) is 11.4. The zero-order chi connectivity index (χ0) is 15.0. The summed E-state index contributed by atoms with van der Waals surface area (Å²) in [5, 5.41) is 18.8. The summed E-state index contributed by atoms with van der Waals surface area (Å²) in [6.07, 6.45) is 1.67. The lowest BCUT2D eigenvalue weighted by Crippen LogP contribution is -2.02. The Morgan fingerprint density at radius 3 is 2.57 bits per heavy atom. The van der Waals surface area contributed by atoms with Gasteiger partial charge in [0.05, 0.1) is 22.2 Å². The molecular weight excluding hydrogens is 272 g/mol. The summed E-state index contributed by atoms with van der Waals surface area (Å²) in [5.41, 5.74) is 1.40. The minimum atomic E-state index is -0.434. The number of aromatic nitrogens is 4. The van der Waals surface area contributed by atoms with E-state index in [9.17, 15) is 10.1 Å². The van der Waals surface area contributed by atoms with Gasteiger partial charge in [0.1, 0.15) is 11.6 Å². The smallest absolute Gasteiger partial charge is 0.269 e. The van der Waals surface area contributed by atoms with E-state index in [1.165, 1.54) is 12.1 Å². The van der Waals surface area contributed by atoms with Crippen molar-refractivity contribution in [3.8, 4) is 5.69 Å². The van der Waals surface area contributed by atoms with E-state index in [4.69, 9.17) is 0 Å². The van der Waals surface area contributed by atoms with E-state index in [2.05, 4.69) is 20.4 Å². The average molecular weight is 284 g/mol. The quantitative estimate of drug-likeness (QED) is 0.584. The summed E-state index contributed by atoms with van der Waals surface area (Å²) in [7, 11) is 1.78. The van der Waals surface area contributed by atoms with Gasteiger partial charge in [-0.3, -0.25) is 10.1 Å². The normalized spacial score (nSPS) is 10.8. The maximum Gasteiger partial charge on any atom is 0.269 e. The van der Waals surface area contributed by atoms with Crippen LogP contribution < -0.4 is 5.32 Å². The minimum absolute atomic E-state index is 0.0388. The molecule has 2 heterocycles. The average Bonchev–Trinajstić information content (AvgIpc) is 2.90. The molecule has 0 unspecified atom stereocenters. The van der Waals surface area contributed by atoms with Gasteiger partial charge in [0, 0.05) is 19.2 Å². The van der Waals surface area contributed by atoms with Gasteiger partial charge in [-0.15, -0.1) is 0 Å². The minimum Gasteiger partial charge on any atom is -0.372 e. The highest BCUT2D eigenvalue weighted by atomic mass is 16.6. The first-order valence-electron chi connectivity index (χ1n) is 6.25. The van der Waals surface area contributed by atoms with Crippen molar-refractivity contribution in [1.82, 2.24) is 19.7 Å². The first-order valence-corrected chi connectivity index (χ1v) is 6.25. The van der Waals surface area contributed by atoms with E-state index in [0.717, 1.165) is 5.39 Å². The number of rotatable bonds is 3. The largest absolute Gasteiger partial charge is 0.372 e. The Labute approximate surface area is 119 Å². The Kier molecular flexibility index (Phi) is 2.98. The summed E-state index contributed by atoms with van der Waals surface area (Å²) in [5.74, 6) is 1.32. The summed E-state index contributed by atoms with van der Waals surface area (Å²) in [6, 6.07) is 6.16. The molecule has 21 heavy (non-hydrogen) atoms. The number of aryl methyl sites for hydroxylation is 1. The maximum absolute atomic E-state index is 10.7. The number of non-ortho nitro benzene ring substituents is 1. The van der Waals surface area contributed by atoms with Crippen molar-refractivity contribution in [3.05, 3.63) is 46.4 Å². The Hall–Kier alpha value is -3.03. The van der Waals surface area contributed by atoms with E-state index in [0.29, 0.717) is 23.0 Å². The van der Waals surface area contributed by atoms with Crippen molar-refractivity contribution >= 4 is 22.5 Å². The first kappa shape index (κ1) is 13.0. The van der Waals surface area contributed by atoms with Crippen LogP contribution in [-0.2, 0) is 0 Å². The lowest BCUT2D eigenvalue weighted by molar-refractivity contribution is -0.384. The SMILES string of the molecule is CNc1nc(C)nc2c1cnn2-c1ccc([N+](=O)[O-])cc1. The molecule has 106 valence electrons. The molecule has 8 nitrogen and oxygen atoms in total. The third kappa shape index (κ3) is 2.16. The third-order valence-corrected chi connectivity index (χ3v) is 3.08. The van der Waals surface area contributed by atoms with Gasteiger partial charge in [-0.1, -0.05) is 0 Å². The van der Waals surface area contributed by atoms with Crippen LogP contribution in [0.2, 0.25) is 0 Å². The number of hydrogen-bond acceptors (Lipinski definition) is 6. The van der Waals surface area contributed by atoms with Crippen LogP contribution in [0.15, 0.2) is 30.5 Å². The molecule has 3 aromatic rings. The van der Waals surface area contributed by atoms with Crippen LogP contribution in [0.25, 0.3) is 16.7 Å².